The number of alkyl halides is 2. The van der Waals surface area contributed by atoms with Crippen molar-refractivity contribution in [3.05, 3.63) is 53.1 Å². The normalized spacial score (nSPS) is 15.4. The average Bonchev–Trinajstić information content (AvgIpc) is 2.70. The Morgan fingerprint density at radius 3 is 2.15 bits per heavy atom. The van der Waals surface area contributed by atoms with Crippen LogP contribution in [0.25, 0.3) is 11.1 Å². The number of carbonyl (C=O) groups is 2. The molecule has 0 atom stereocenters. The molecule has 34 heavy (non-hydrogen) atoms. The van der Waals surface area contributed by atoms with Gasteiger partial charge in [-0.15, -0.1) is 0 Å². The van der Waals surface area contributed by atoms with Crippen LogP contribution in [0.2, 0.25) is 5.02 Å². The summed E-state index contributed by atoms with van der Waals surface area (Å²) in [5.41, 5.74) is 0.618. The molecular formula is C25H29ClF2N2O4. The molecule has 0 aromatic heterocycles. The number of alkyl carbamates (subject to hydrolysis) is 1. The summed E-state index contributed by atoms with van der Waals surface area (Å²) in [5, 5.41) is 3.07. The number of hydrogen-bond acceptors (Lipinski definition) is 4. The summed E-state index contributed by atoms with van der Waals surface area (Å²) in [6.45, 7) is 8.11. The maximum atomic E-state index is 13.0. The van der Waals surface area contributed by atoms with Crippen LogP contribution in [0.5, 0.6) is 5.75 Å². The van der Waals surface area contributed by atoms with Gasteiger partial charge in [-0.1, -0.05) is 29.8 Å². The van der Waals surface area contributed by atoms with E-state index in [1.54, 1.807) is 57.2 Å². The molecule has 9 heteroatoms. The monoisotopic (exact) mass is 494 g/mol. The largest absolute Gasteiger partial charge is 0.484 e. The molecule has 1 saturated heterocycles. The van der Waals surface area contributed by atoms with E-state index in [0.29, 0.717) is 16.3 Å². The topological polar surface area (TPSA) is 67.9 Å². The second-order valence-corrected chi connectivity index (χ2v) is 10.4. The lowest BCUT2D eigenvalue weighted by Gasteiger charge is -2.38. The van der Waals surface area contributed by atoms with Crippen LogP contribution in [0.3, 0.4) is 0 Å². The molecule has 184 valence electrons. The van der Waals surface area contributed by atoms with Gasteiger partial charge in [0.25, 0.3) is 11.8 Å². The highest BCUT2D eigenvalue weighted by molar-refractivity contribution is 6.32. The Morgan fingerprint density at radius 1 is 1.03 bits per heavy atom. The SMILES string of the molecule is CC(C)(C)OC(=O)NCC(C)(C)Oc1ccc(-c2ccc(C(=O)N3CC(F)(F)C3)cc2)cc1Cl. The third-order valence-electron chi connectivity index (χ3n) is 4.97. The maximum Gasteiger partial charge on any atom is 0.407 e. The number of nitrogens with zero attached hydrogens (tertiary/aromatic N) is 1. The van der Waals surface area contributed by atoms with Crippen LogP contribution >= 0.6 is 11.6 Å². The summed E-state index contributed by atoms with van der Waals surface area (Å²) >= 11 is 6.44. The molecule has 2 amide bonds. The van der Waals surface area contributed by atoms with E-state index in [4.69, 9.17) is 21.1 Å². The maximum absolute atomic E-state index is 13.0. The summed E-state index contributed by atoms with van der Waals surface area (Å²) in [6.07, 6.45) is -0.532. The van der Waals surface area contributed by atoms with E-state index in [9.17, 15) is 18.4 Å². The van der Waals surface area contributed by atoms with Crippen LogP contribution in [-0.4, -0.2) is 53.7 Å². The zero-order valence-corrected chi connectivity index (χ0v) is 20.6. The molecule has 1 aliphatic rings. The van der Waals surface area contributed by atoms with Crippen molar-refractivity contribution >= 4 is 23.6 Å². The third-order valence-corrected chi connectivity index (χ3v) is 5.27. The number of ether oxygens (including phenoxy) is 2. The van der Waals surface area contributed by atoms with Crippen molar-refractivity contribution in [3.63, 3.8) is 0 Å². The van der Waals surface area contributed by atoms with E-state index in [0.717, 1.165) is 16.0 Å². The van der Waals surface area contributed by atoms with Gasteiger partial charge in [-0.2, -0.15) is 0 Å². The van der Waals surface area contributed by atoms with Crippen molar-refractivity contribution in [2.24, 2.45) is 0 Å². The first-order chi connectivity index (χ1) is 15.6. The van der Waals surface area contributed by atoms with Gasteiger partial charge in [0, 0.05) is 5.56 Å². The van der Waals surface area contributed by atoms with E-state index < -0.39 is 42.2 Å². The van der Waals surface area contributed by atoms with Crippen LogP contribution in [0.15, 0.2) is 42.5 Å². The molecule has 0 aliphatic carbocycles. The van der Waals surface area contributed by atoms with E-state index in [-0.39, 0.29) is 6.54 Å². The van der Waals surface area contributed by atoms with Gasteiger partial charge in [0.15, 0.2) is 0 Å². The second kappa shape index (κ2) is 9.41. The van der Waals surface area contributed by atoms with Gasteiger partial charge in [-0.3, -0.25) is 4.79 Å². The minimum absolute atomic E-state index is 0.207. The van der Waals surface area contributed by atoms with Crippen molar-refractivity contribution in [2.45, 2.75) is 51.7 Å². The predicted octanol–water partition coefficient (Wildman–Crippen LogP) is 5.78. The Kier molecular flexibility index (Phi) is 7.12. The van der Waals surface area contributed by atoms with Crippen LogP contribution < -0.4 is 10.1 Å². The number of amides is 2. The minimum atomic E-state index is -2.80. The molecule has 1 fully saturated rings. The number of carbonyl (C=O) groups excluding carboxylic acids is 2. The zero-order chi connectivity index (χ0) is 25.3. The number of likely N-dealkylation sites (tertiary alicyclic amines) is 1. The van der Waals surface area contributed by atoms with Gasteiger partial charge < -0.3 is 19.7 Å². The summed E-state index contributed by atoms with van der Waals surface area (Å²) in [4.78, 5) is 25.3. The molecule has 3 rings (SSSR count). The molecule has 0 spiro atoms. The summed E-state index contributed by atoms with van der Waals surface area (Å²) < 4.78 is 37.3. The highest BCUT2D eigenvalue weighted by Crippen LogP contribution is 2.33. The fraction of sp³-hybridized carbons (Fsp3) is 0.440. The fourth-order valence-electron chi connectivity index (χ4n) is 3.34. The predicted molar refractivity (Wildman–Crippen MR) is 127 cm³/mol. The fourth-order valence-corrected chi connectivity index (χ4v) is 3.56. The molecular weight excluding hydrogens is 466 g/mol. The summed E-state index contributed by atoms with van der Waals surface area (Å²) in [5.74, 6) is -2.76. The lowest BCUT2D eigenvalue weighted by molar-refractivity contribution is -0.113. The Balaban J connectivity index is 1.62. The Morgan fingerprint density at radius 2 is 1.62 bits per heavy atom. The summed E-state index contributed by atoms with van der Waals surface area (Å²) in [7, 11) is 0. The number of rotatable bonds is 6. The molecule has 1 heterocycles. The molecule has 0 saturated carbocycles. The van der Waals surface area contributed by atoms with Crippen LogP contribution in [0.1, 0.15) is 45.0 Å². The van der Waals surface area contributed by atoms with Crippen molar-refractivity contribution < 1.29 is 27.8 Å². The zero-order valence-electron chi connectivity index (χ0n) is 19.9. The van der Waals surface area contributed by atoms with Crippen molar-refractivity contribution in [1.82, 2.24) is 10.2 Å². The molecule has 0 bridgehead atoms. The molecule has 1 aliphatic heterocycles. The third kappa shape index (κ3) is 6.82. The Labute approximate surface area is 203 Å². The first-order valence-corrected chi connectivity index (χ1v) is 11.2. The lowest BCUT2D eigenvalue weighted by Crippen LogP contribution is -2.58. The Hall–Kier alpha value is -2.87. The van der Waals surface area contributed by atoms with Crippen molar-refractivity contribution in [3.8, 4) is 16.9 Å². The van der Waals surface area contributed by atoms with Gasteiger partial charge in [-0.25, -0.2) is 13.6 Å². The molecule has 2 aromatic carbocycles. The number of nitrogens with one attached hydrogen (secondary N) is 1. The second-order valence-electron chi connectivity index (χ2n) is 9.96. The van der Waals surface area contributed by atoms with E-state index in [1.807, 2.05) is 19.9 Å². The van der Waals surface area contributed by atoms with Gasteiger partial charge in [0.05, 0.1) is 24.7 Å². The average molecular weight is 495 g/mol. The number of benzene rings is 2. The molecule has 6 nitrogen and oxygen atoms in total. The quantitative estimate of drug-likeness (QED) is 0.552. The van der Waals surface area contributed by atoms with E-state index >= 15 is 0 Å². The molecule has 1 N–H and O–H groups in total. The molecule has 0 unspecified atom stereocenters. The first kappa shape index (κ1) is 25.7. The van der Waals surface area contributed by atoms with E-state index in [1.165, 1.54) is 0 Å². The lowest BCUT2D eigenvalue weighted by atomic mass is 10.0. The summed E-state index contributed by atoms with van der Waals surface area (Å²) in [6, 6.07) is 12.0. The highest BCUT2D eigenvalue weighted by Gasteiger charge is 2.46. The number of hydrogen-bond donors (Lipinski definition) is 1. The first-order valence-electron chi connectivity index (χ1n) is 10.9. The van der Waals surface area contributed by atoms with Gasteiger partial charge in [0.1, 0.15) is 17.0 Å². The minimum Gasteiger partial charge on any atom is -0.484 e. The van der Waals surface area contributed by atoms with E-state index in [2.05, 4.69) is 5.32 Å². The van der Waals surface area contributed by atoms with Gasteiger partial charge in [-0.05, 0) is 70.0 Å². The van der Waals surface area contributed by atoms with Crippen molar-refractivity contribution in [2.75, 3.05) is 19.6 Å². The highest BCUT2D eigenvalue weighted by atomic mass is 35.5. The van der Waals surface area contributed by atoms with Gasteiger partial charge >= 0.3 is 6.09 Å². The van der Waals surface area contributed by atoms with Crippen LogP contribution in [0.4, 0.5) is 13.6 Å². The number of halogens is 3. The standard InChI is InChI=1S/C25H29ClF2N2O4/c1-23(2,3)34-22(32)29-13-24(4,5)33-20-11-10-18(12-19(20)26)16-6-8-17(9-7-16)21(31)30-14-25(27,28)15-30/h6-12H,13-15H2,1-5H3,(H,29,32). The van der Waals surface area contributed by atoms with Crippen LogP contribution in [-0.2, 0) is 4.74 Å². The van der Waals surface area contributed by atoms with Gasteiger partial charge in [0.2, 0.25) is 0 Å². The van der Waals surface area contributed by atoms with Crippen LogP contribution in [0, 0.1) is 0 Å². The Bertz CT molecular complexity index is 1060. The molecule has 0 radical (unpaired) electrons. The smallest absolute Gasteiger partial charge is 0.407 e. The van der Waals surface area contributed by atoms with Crippen molar-refractivity contribution in [1.29, 1.82) is 0 Å². The molecule has 2 aromatic rings.